The van der Waals surface area contributed by atoms with Gasteiger partial charge in [-0.15, -0.1) is 0 Å². The van der Waals surface area contributed by atoms with Gasteiger partial charge < -0.3 is 14.7 Å². The van der Waals surface area contributed by atoms with Gasteiger partial charge in [0.05, 0.1) is 30.1 Å². The molecule has 1 N–H and O–H groups in total. The Bertz CT molecular complexity index is 400. The van der Waals surface area contributed by atoms with E-state index >= 15 is 0 Å². The maximum atomic E-state index is 10.7. The van der Waals surface area contributed by atoms with Gasteiger partial charge in [0.25, 0.3) is 0 Å². The van der Waals surface area contributed by atoms with Crippen LogP contribution in [0.1, 0.15) is 18.5 Å². The van der Waals surface area contributed by atoms with E-state index in [2.05, 4.69) is 10.00 Å². The van der Waals surface area contributed by atoms with Crippen LogP contribution >= 0.6 is 11.6 Å². The van der Waals surface area contributed by atoms with E-state index in [0.29, 0.717) is 36.9 Å². The van der Waals surface area contributed by atoms with Crippen molar-refractivity contribution in [3.8, 4) is 0 Å². The van der Waals surface area contributed by atoms with Gasteiger partial charge in [-0.25, -0.2) is 0 Å². The topological polar surface area (TPSA) is 50.5 Å². The lowest BCUT2D eigenvalue weighted by Crippen LogP contribution is -2.38. The minimum atomic E-state index is -1.00. The molecule has 1 unspecified atom stereocenters. The van der Waals surface area contributed by atoms with Crippen molar-refractivity contribution in [3.05, 3.63) is 16.9 Å². The average molecular weight is 274 g/mol. The van der Waals surface area contributed by atoms with Crippen LogP contribution in [0.5, 0.6) is 0 Å². The molecule has 2 heterocycles. The molecule has 1 fully saturated rings. The average Bonchev–Trinajstić information content (AvgIpc) is 2.69. The quantitative estimate of drug-likeness (QED) is 0.893. The molecule has 0 spiro atoms. The molecule has 1 aromatic heterocycles. The van der Waals surface area contributed by atoms with Crippen molar-refractivity contribution in [2.75, 3.05) is 33.9 Å². The number of aromatic nitrogens is 2. The summed E-state index contributed by atoms with van der Waals surface area (Å²) in [7, 11) is 4.01. The second kappa shape index (κ2) is 5.57. The van der Waals surface area contributed by atoms with Crippen molar-refractivity contribution in [1.29, 1.82) is 0 Å². The summed E-state index contributed by atoms with van der Waals surface area (Å²) in [5, 5.41) is 15.4. The van der Waals surface area contributed by atoms with Crippen LogP contribution in [0.3, 0.4) is 0 Å². The molecule has 1 aliphatic heterocycles. The molecule has 1 atom stereocenters. The molecule has 0 radical (unpaired) electrons. The fourth-order valence-corrected chi connectivity index (χ4v) is 2.57. The van der Waals surface area contributed by atoms with Crippen molar-refractivity contribution in [2.24, 2.45) is 0 Å². The van der Waals surface area contributed by atoms with Crippen molar-refractivity contribution in [2.45, 2.75) is 25.0 Å². The van der Waals surface area contributed by atoms with Gasteiger partial charge in [0.2, 0.25) is 0 Å². The van der Waals surface area contributed by atoms with Crippen molar-refractivity contribution in [3.63, 3.8) is 0 Å². The molecule has 0 amide bonds. The van der Waals surface area contributed by atoms with E-state index in [1.165, 1.54) is 0 Å². The zero-order valence-electron chi connectivity index (χ0n) is 10.9. The molecular weight excluding hydrogens is 254 g/mol. The molecule has 5 nitrogen and oxygen atoms in total. The third-order valence-electron chi connectivity index (χ3n) is 3.21. The molecule has 0 saturated carbocycles. The molecular formula is C12H20ClN3O2. The zero-order valence-corrected chi connectivity index (χ0v) is 11.7. The first-order valence-corrected chi connectivity index (χ1v) is 6.57. The van der Waals surface area contributed by atoms with Gasteiger partial charge >= 0.3 is 0 Å². The number of hydrogen-bond donors (Lipinski definition) is 1. The van der Waals surface area contributed by atoms with Gasteiger partial charge in [-0.05, 0) is 26.9 Å². The highest BCUT2D eigenvalue weighted by atomic mass is 35.5. The molecule has 0 aromatic carbocycles. The van der Waals surface area contributed by atoms with Crippen LogP contribution in [0.4, 0.5) is 0 Å². The third kappa shape index (κ3) is 2.85. The van der Waals surface area contributed by atoms with E-state index in [0.717, 1.165) is 13.0 Å². The minimum Gasteiger partial charge on any atom is -0.381 e. The second-order valence-corrected chi connectivity index (χ2v) is 5.46. The maximum Gasteiger partial charge on any atom is 0.131 e. The molecule has 1 aliphatic rings. The molecule has 0 aliphatic carbocycles. The SMILES string of the molecule is CN(C)CCn1ncc(Cl)c1C1(O)CCCOC1. The molecule has 1 aromatic rings. The van der Waals surface area contributed by atoms with E-state index in [4.69, 9.17) is 16.3 Å². The number of rotatable bonds is 4. The van der Waals surface area contributed by atoms with Gasteiger partial charge in [0, 0.05) is 13.2 Å². The van der Waals surface area contributed by atoms with E-state index in [1.54, 1.807) is 10.9 Å². The third-order valence-corrected chi connectivity index (χ3v) is 3.49. The zero-order chi connectivity index (χ0) is 13.2. The van der Waals surface area contributed by atoms with Crippen LogP contribution in [0, 0.1) is 0 Å². The summed E-state index contributed by atoms with van der Waals surface area (Å²) in [6.07, 6.45) is 3.10. The molecule has 6 heteroatoms. The first-order chi connectivity index (χ1) is 8.53. The number of halogens is 1. The lowest BCUT2D eigenvalue weighted by atomic mass is 9.93. The molecule has 1 saturated heterocycles. The van der Waals surface area contributed by atoms with E-state index in [1.807, 2.05) is 14.1 Å². The highest BCUT2D eigenvalue weighted by molar-refractivity contribution is 6.31. The Kier molecular flexibility index (Phi) is 4.27. The van der Waals surface area contributed by atoms with Crippen LogP contribution in [0.15, 0.2) is 6.20 Å². The predicted octanol–water partition coefficient (Wildman–Crippen LogP) is 1.10. The highest BCUT2D eigenvalue weighted by Crippen LogP contribution is 2.34. The molecule has 2 rings (SSSR count). The molecule has 0 bridgehead atoms. The van der Waals surface area contributed by atoms with E-state index in [9.17, 15) is 5.11 Å². The number of nitrogens with zero attached hydrogens (tertiary/aromatic N) is 3. The van der Waals surface area contributed by atoms with Gasteiger partial charge in [-0.3, -0.25) is 4.68 Å². The Balaban J connectivity index is 2.22. The van der Waals surface area contributed by atoms with Gasteiger partial charge in [0.1, 0.15) is 5.60 Å². The summed E-state index contributed by atoms with van der Waals surface area (Å²) in [4.78, 5) is 2.07. The summed E-state index contributed by atoms with van der Waals surface area (Å²) in [5.74, 6) is 0. The normalized spacial score (nSPS) is 24.7. The van der Waals surface area contributed by atoms with Crippen LogP contribution in [-0.2, 0) is 16.9 Å². The number of ether oxygens (including phenoxy) is 1. The van der Waals surface area contributed by atoms with Gasteiger partial charge in [0.15, 0.2) is 0 Å². The largest absolute Gasteiger partial charge is 0.381 e. The first-order valence-electron chi connectivity index (χ1n) is 6.19. The monoisotopic (exact) mass is 273 g/mol. The molecule has 18 heavy (non-hydrogen) atoms. The molecule has 102 valence electrons. The van der Waals surface area contributed by atoms with Crippen LogP contribution in [0.2, 0.25) is 5.02 Å². The Hall–Kier alpha value is -0.620. The second-order valence-electron chi connectivity index (χ2n) is 5.06. The van der Waals surface area contributed by atoms with Crippen LogP contribution in [-0.4, -0.2) is 53.6 Å². The lowest BCUT2D eigenvalue weighted by molar-refractivity contribution is -0.0951. The Labute approximate surface area is 112 Å². The number of hydrogen-bond acceptors (Lipinski definition) is 4. The van der Waals surface area contributed by atoms with Crippen LogP contribution in [0.25, 0.3) is 0 Å². The van der Waals surface area contributed by atoms with Gasteiger partial charge in [-0.1, -0.05) is 11.6 Å². The maximum absolute atomic E-state index is 10.7. The summed E-state index contributed by atoms with van der Waals surface area (Å²) < 4.78 is 7.17. The minimum absolute atomic E-state index is 0.292. The number of likely N-dealkylation sites (N-methyl/N-ethyl adjacent to an activating group) is 1. The standard InChI is InChI=1S/C12H20ClN3O2/c1-15(2)5-6-16-11(10(13)8-14-16)12(17)4-3-7-18-9-12/h8,17H,3-7,9H2,1-2H3. The number of aliphatic hydroxyl groups is 1. The fourth-order valence-electron chi connectivity index (χ4n) is 2.26. The van der Waals surface area contributed by atoms with E-state index in [-0.39, 0.29) is 0 Å². The summed E-state index contributed by atoms with van der Waals surface area (Å²) in [5.41, 5.74) is -0.316. The fraction of sp³-hybridized carbons (Fsp3) is 0.750. The smallest absolute Gasteiger partial charge is 0.131 e. The Morgan fingerprint density at radius 3 is 3.00 bits per heavy atom. The summed E-state index contributed by atoms with van der Waals surface area (Å²) >= 11 is 6.17. The van der Waals surface area contributed by atoms with E-state index < -0.39 is 5.60 Å². The van der Waals surface area contributed by atoms with Crippen molar-refractivity contribution < 1.29 is 9.84 Å². The van der Waals surface area contributed by atoms with Gasteiger partial charge in [-0.2, -0.15) is 5.10 Å². The first kappa shape index (κ1) is 13.8. The van der Waals surface area contributed by atoms with Crippen molar-refractivity contribution >= 4 is 11.6 Å². The summed E-state index contributed by atoms with van der Waals surface area (Å²) in [6.45, 7) is 2.55. The highest BCUT2D eigenvalue weighted by Gasteiger charge is 2.37. The van der Waals surface area contributed by atoms with Crippen molar-refractivity contribution in [1.82, 2.24) is 14.7 Å². The van der Waals surface area contributed by atoms with Crippen LogP contribution < -0.4 is 0 Å². The Morgan fingerprint density at radius 2 is 2.39 bits per heavy atom. The lowest BCUT2D eigenvalue weighted by Gasteiger charge is -2.32. The predicted molar refractivity (Wildman–Crippen MR) is 69.7 cm³/mol. The Morgan fingerprint density at radius 1 is 1.61 bits per heavy atom. The summed E-state index contributed by atoms with van der Waals surface area (Å²) in [6, 6.07) is 0.